The number of ether oxygens (including phenoxy) is 1. The van der Waals surface area contributed by atoms with E-state index in [-0.39, 0.29) is 23.0 Å². The summed E-state index contributed by atoms with van der Waals surface area (Å²) in [5.41, 5.74) is 0.345. The second-order valence-corrected chi connectivity index (χ2v) is 6.84. The molecule has 0 bridgehead atoms. The lowest BCUT2D eigenvalue weighted by atomic mass is 10.1. The molecule has 132 valence electrons. The second-order valence-electron chi connectivity index (χ2n) is 6.84. The summed E-state index contributed by atoms with van der Waals surface area (Å²) in [7, 11) is 0. The number of aromatic nitrogens is 1. The first-order valence-electron chi connectivity index (χ1n) is 8.22. The molecule has 0 unspecified atom stereocenters. The summed E-state index contributed by atoms with van der Waals surface area (Å²) in [6, 6.07) is 3.12. The van der Waals surface area contributed by atoms with E-state index in [9.17, 15) is 9.59 Å². The number of amides is 2. The Bertz CT molecular complexity index is 577. The third-order valence-corrected chi connectivity index (χ3v) is 3.56. The maximum absolute atomic E-state index is 12.2. The van der Waals surface area contributed by atoms with Gasteiger partial charge in [0.05, 0.1) is 13.2 Å². The lowest BCUT2D eigenvalue weighted by Crippen LogP contribution is -2.41. The number of carbonyl (C=O) groups is 2. The second kappa shape index (κ2) is 8.21. The highest BCUT2D eigenvalue weighted by molar-refractivity contribution is 5.98. The summed E-state index contributed by atoms with van der Waals surface area (Å²) in [6.45, 7) is 10.3. The number of pyridine rings is 1. The summed E-state index contributed by atoms with van der Waals surface area (Å²) in [6.07, 6.45) is 1.48. The molecule has 24 heavy (non-hydrogen) atoms. The lowest BCUT2D eigenvalue weighted by Gasteiger charge is -2.26. The third-order valence-electron chi connectivity index (χ3n) is 3.56. The van der Waals surface area contributed by atoms with Crippen LogP contribution in [0.2, 0.25) is 0 Å². The van der Waals surface area contributed by atoms with Crippen molar-refractivity contribution in [2.45, 2.75) is 26.3 Å². The van der Waals surface area contributed by atoms with E-state index in [4.69, 9.17) is 4.74 Å². The molecule has 0 radical (unpaired) electrons. The van der Waals surface area contributed by atoms with Crippen LogP contribution in [0.25, 0.3) is 0 Å². The van der Waals surface area contributed by atoms with Crippen molar-refractivity contribution in [2.24, 2.45) is 0 Å². The molecular formula is C17H26N4O3. The first-order valence-corrected chi connectivity index (χ1v) is 8.22. The van der Waals surface area contributed by atoms with Crippen LogP contribution >= 0.6 is 0 Å². The summed E-state index contributed by atoms with van der Waals surface area (Å²) in [4.78, 5) is 30.7. The van der Waals surface area contributed by atoms with Crippen LogP contribution in [0.15, 0.2) is 18.3 Å². The Balaban J connectivity index is 1.87. The Kier molecular flexibility index (Phi) is 6.28. The average Bonchev–Trinajstić information content (AvgIpc) is 2.54. The van der Waals surface area contributed by atoms with Crippen molar-refractivity contribution in [3.8, 4) is 0 Å². The number of morpholine rings is 1. The zero-order valence-corrected chi connectivity index (χ0v) is 14.6. The predicted molar refractivity (Wildman–Crippen MR) is 91.0 cm³/mol. The van der Waals surface area contributed by atoms with E-state index >= 15 is 0 Å². The highest BCUT2D eigenvalue weighted by Gasteiger charge is 2.17. The molecule has 1 fully saturated rings. The van der Waals surface area contributed by atoms with E-state index in [1.54, 1.807) is 6.07 Å². The van der Waals surface area contributed by atoms with Gasteiger partial charge in [0, 0.05) is 43.5 Å². The number of carbonyl (C=O) groups excluding carboxylic acids is 2. The standard InChI is InChI=1S/C17H26N4O3/c1-17(2,3)20-15(22)13-4-5-18-14(12-13)16(23)19-6-7-21-8-10-24-11-9-21/h4-5,12H,6-11H2,1-3H3,(H,19,23)(H,20,22). The van der Waals surface area contributed by atoms with Crippen molar-refractivity contribution in [3.63, 3.8) is 0 Å². The van der Waals surface area contributed by atoms with Crippen LogP contribution in [0.1, 0.15) is 41.6 Å². The van der Waals surface area contributed by atoms with Gasteiger partial charge in [-0.15, -0.1) is 0 Å². The summed E-state index contributed by atoms with van der Waals surface area (Å²) in [5, 5.41) is 5.72. The smallest absolute Gasteiger partial charge is 0.269 e. The van der Waals surface area contributed by atoms with Crippen LogP contribution in [0.4, 0.5) is 0 Å². The third kappa shape index (κ3) is 5.90. The maximum Gasteiger partial charge on any atom is 0.269 e. The number of nitrogens with one attached hydrogen (secondary N) is 2. The van der Waals surface area contributed by atoms with Gasteiger partial charge in [-0.3, -0.25) is 19.5 Å². The maximum atomic E-state index is 12.2. The van der Waals surface area contributed by atoms with Gasteiger partial charge in [0.2, 0.25) is 0 Å². The molecule has 1 aromatic heterocycles. The largest absolute Gasteiger partial charge is 0.379 e. The molecule has 1 aromatic rings. The van der Waals surface area contributed by atoms with Crippen LogP contribution in [-0.2, 0) is 4.74 Å². The lowest BCUT2D eigenvalue weighted by molar-refractivity contribution is 0.0383. The van der Waals surface area contributed by atoms with E-state index in [2.05, 4.69) is 20.5 Å². The molecule has 2 amide bonds. The van der Waals surface area contributed by atoms with Crippen molar-refractivity contribution >= 4 is 11.8 Å². The van der Waals surface area contributed by atoms with Crippen LogP contribution < -0.4 is 10.6 Å². The fourth-order valence-corrected chi connectivity index (χ4v) is 2.35. The molecule has 7 heteroatoms. The molecule has 2 N–H and O–H groups in total. The van der Waals surface area contributed by atoms with Gasteiger partial charge >= 0.3 is 0 Å². The Morgan fingerprint density at radius 2 is 1.96 bits per heavy atom. The molecule has 1 aliphatic rings. The Morgan fingerprint density at radius 3 is 2.62 bits per heavy atom. The van der Waals surface area contributed by atoms with Gasteiger partial charge in [-0.05, 0) is 32.9 Å². The molecule has 7 nitrogen and oxygen atoms in total. The number of nitrogens with zero attached hydrogens (tertiary/aromatic N) is 2. The van der Waals surface area contributed by atoms with Crippen molar-refractivity contribution < 1.29 is 14.3 Å². The first kappa shape index (κ1) is 18.4. The summed E-state index contributed by atoms with van der Waals surface area (Å²) >= 11 is 0. The van der Waals surface area contributed by atoms with Crippen molar-refractivity contribution in [2.75, 3.05) is 39.4 Å². The monoisotopic (exact) mass is 334 g/mol. The van der Waals surface area contributed by atoms with Gasteiger partial charge in [-0.1, -0.05) is 0 Å². The molecule has 0 aliphatic carbocycles. The minimum Gasteiger partial charge on any atom is -0.379 e. The fourth-order valence-electron chi connectivity index (χ4n) is 2.35. The van der Waals surface area contributed by atoms with E-state index in [1.165, 1.54) is 12.3 Å². The zero-order valence-electron chi connectivity index (χ0n) is 14.6. The van der Waals surface area contributed by atoms with Gasteiger partial charge in [-0.25, -0.2) is 0 Å². The van der Waals surface area contributed by atoms with Crippen molar-refractivity contribution in [3.05, 3.63) is 29.6 Å². The quantitative estimate of drug-likeness (QED) is 0.827. The van der Waals surface area contributed by atoms with Crippen molar-refractivity contribution in [1.82, 2.24) is 20.5 Å². The Labute approximate surface area is 142 Å². The topological polar surface area (TPSA) is 83.6 Å². The van der Waals surface area contributed by atoms with Gasteiger partial charge in [0.25, 0.3) is 11.8 Å². The van der Waals surface area contributed by atoms with E-state index in [0.29, 0.717) is 12.1 Å². The Morgan fingerprint density at radius 1 is 1.25 bits per heavy atom. The molecular weight excluding hydrogens is 308 g/mol. The molecule has 2 rings (SSSR count). The first-order chi connectivity index (χ1) is 11.3. The predicted octanol–water partition coefficient (Wildman–Crippen LogP) is 0.672. The van der Waals surface area contributed by atoms with Crippen LogP contribution in [0.3, 0.4) is 0 Å². The van der Waals surface area contributed by atoms with Crippen LogP contribution in [0.5, 0.6) is 0 Å². The summed E-state index contributed by atoms with van der Waals surface area (Å²) in [5.74, 6) is -0.485. The molecule has 0 atom stereocenters. The fraction of sp³-hybridized carbons (Fsp3) is 0.588. The normalized spacial score (nSPS) is 15.8. The number of hydrogen-bond acceptors (Lipinski definition) is 5. The van der Waals surface area contributed by atoms with Gasteiger partial charge in [-0.2, -0.15) is 0 Å². The molecule has 2 heterocycles. The van der Waals surface area contributed by atoms with Gasteiger partial charge in [0.15, 0.2) is 0 Å². The molecule has 0 saturated carbocycles. The highest BCUT2D eigenvalue weighted by atomic mass is 16.5. The zero-order chi connectivity index (χ0) is 17.6. The molecule has 1 aliphatic heterocycles. The molecule has 0 spiro atoms. The minimum absolute atomic E-state index is 0.215. The average molecular weight is 334 g/mol. The van der Waals surface area contributed by atoms with E-state index in [1.807, 2.05) is 20.8 Å². The van der Waals surface area contributed by atoms with Crippen LogP contribution in [-0.4, -0.2) is 66.6 Å². The minimum atomic E-state index is -0.332. The van der Waals surface area contributed by atoms with E-state index in [0.717, 1.165) is 32.8 Å². The van der Waals surface area contributed by atoms with Gasteiger partial charge < -0.3 is 15.4 Å². The van der Waals surface area contributed by atoms with Gasteiger partial charge in [0.1, 0.15) is 5.69 Å². The number of rotatable bonds is 5. The van der Waals surface area contributed by atoms with Crippen LogP contribution in [0, 0.1) is 0 Å². The molecule has 1 saturated heterocycles. The van der Waals surface area contributed by atoms with E-state index < -0.39 is 0 Å². The SMILES string of the molecule is CC(C)(C)NC(=O)c1ccnc(C(=O)NCCN2CCOCC2)c1. The summed E-state index contributed by atoms with van der Waals surface area (Å²) < 4.78 is 5.29. The Hall–Kier alpha value is -1.99. The highest BCUT2D eigenvalue weighted by Crippen LogP contribution is 2.06. The number of hydrogen-bond donors (Lipinski definition) is 2. The van der Waals surface area contributed by atoms with Crippen molar-refractivity contribution in [1.29, 1.82) is 0 Å². The molecule has 0 aromatic carbocycles.